The quantitative estimate of drug-likeness (QED) is 0.114. The SMILES string of the molecule is CSCCC(N)C(=O)NC(Cc1c[nH]c2ccccc12)C(=O)NC(CCC(=O)O)C(=O)NC(CC(N)=O)C(=O)O. The van der Waals surface area contributed by atoms with Crippen LogP contribution in [0.5, 0.6) is 0 Å². The van der Waals surface area contributed by atoms with Gasteiger partial charge >= 0.3 is 11.9 Å². The van der Waals surface area contributed by atoms with Gasteiger partial charge in [0.15, 0.2) is 0 Å². The minimum atomic E-state index is -1.69. The summed E-state index contributed by atoms with van der Waals surface area (Å²) < 4.78 is 0. The van der Waals surface area contributed by atoms with Crippen LogP contribution in [0.25, 0.3) is 10.9 Å². The molecule has 0 radical (unpaired) electrons. The molecule has 15 heteroatoms. The maximum Gasteiger partial charge on any atom is 0.326 e. The van der Waals surface area contributed by atoms with E-state index in [1.165, 1.54) is 11.8 Å². The van der Waals surface area contributed by atoms with Crippen LogP contribution in [0.2, 0.25) is 0 Å². The molecule has 0 bridgehead atoms. The van der Waals surface area contributed by atoms with Gasteiger partial charge in [-0.05, 0) is 36.5 Å². The van der Waals surface area contributed by atoms with Gasteiger partial charge in [-0.15, -0.1) is 0 Å². The monoisotopic (exact) mass is 578 g/mol. The van der Waals surface area contributed by atoms with Crippen molar-refractivity contribution in [1.29, 1.82) is 0 Å². The fourth-order valence-corrected chi connectivity index (χ4v) is 4.36. The molecule has 1 heterocycles. The first-order valence-corrected chi connectivity index (χ1v) is 13.8. The second-order valence-corrected chi connectivity index (χ2v) is 10.1. The fraction of sp³-hybridized carbons (Fsp3) is 0.440. The molecule has 0 saturated heterocycles. The summed E-state index contributed by atoms with van der Waals surface area (Å²) in [6.07, 6.45) is 2.26. The van der Waals surface area contributed by atoms with Gasteiger partial charge in [-0.1, -0.05) is 18.2 Å². The molecule has 218 valence electrons. The maximum absolute atomic E-state index is 13.4. The lowest BCUT2D eigenvalue weighted by Gasteiger charge is -2.25. The highest BCUT2D eigenvalue weighted by Gasteiger charge is 2.31. The zero-order valence-corrected chi connectivity index (χ0v) is 22.7. The van der Waals surface area contributed by atoms with Crippen LogP contribution in [0.3, 0.4) is 0 Å². The summed E-state index contributed by atoms with van der Waals surface area (Å²) in [4.78, 5) is 76.1. The molecular weight excluding hydrogens is 544 g/mol. The molecule has 2 rings (SSSR count). The average molecular weight is 579 g/mol. The smallest absolute Gasteiger partial charge is 0.326 e. The van der Waals surface area contributed by atoms with E-state index in [2.05, 4.69) is 20.9 Å². The number of carboxylic acids is 2. The number of carboxylic acid groups (broad SMARTS) is 2. The van der Waals surface area contributed by atoms with Gasteiger partial charge in [0, 0.05) is 29.9 Å². The predicted octanol–water partition coefficient (Wildman–Crippen LogP) is -0.930. The molecule has 0 fully saturated rings. The molecule has 0 aliphatic carbocycles. The zero-order valence-electron chi connectivity index (χ0n) is 21.8. The molecule has 1 aromatic carbocycles. The van der Waals surface area contributed by atoms with Crippen molar-refractivity contribution in [1.82, 2.24) is 20.9 Å². The van der Waals surface area contributed by atoms with Crippen LogP contribution >= 0.6 is 11.8 Å². The number of H-pyrrole nitrogens is 1. The van der Waals surface area contributed by atoms with Gasteiger partial charge in [-0.2, -0.15) is 11.8 Å². The lowest BCUT2D eigenvalue weighted by atomic mass is 10.0. The van der Waals surface area contributed by atoms with Gasteiger partial charge in [0.1, 0.15) is 18.1 Å². The Morgan fingerprint density at radius 3 is 2.17 bits per heavy atom. The van der Waals surface area contributed by atoms with Crippen molar-refractivity contribution in [2.45, 2.75) is 56.3 Å². The average Bonchev–Trinajstić information content (AvgIpc) is 3.30. The minimum Gasteiger partial charge on any atom is -0.481 e. The molecule has 40 heavy (non-hydrogen) atoms. The first-order valence-electron chi connectivity index (χ1n) is 12.4. The summed E-state index contributed by atoms with van der Waals surface area (Å²) in [5.74, 6) is -5.62. The Hall–Kier alpha value is -4.11. The van der Waals surface area contributed by atoms with Gasteiger partial charge in [0.2, 0.25) is 23.6 Å². The normalized spacial score (nSPS) is 13.9. The topological polar surface area (TPSA) is 247 Å². The summed E-state index contributed by atoms with van der Waals surface area (Å²) in [5.41, 5.74) is 12.5. The number of para-hydroxylation sites is 1. The molecule has 0 spiro atoms. The molecule has 4 atom stereocenters. The molecule has 4 amide bonds. The van der Waals surface area contributed by atoms with E-state index in [9.17, 15) is 33.9 Å². The number of aromatic nitrogens is 1. The number of rotatable bonds is 17. The number of fused-ring (bicyclic) bond motifs is 1. The second kappa shape index (κ2) is 15.5. The van der Waals surface area contributed by atoms with Crippen molar-refractivity contribution in [3.05, 3.63) is 36.0 Å². The van der Waals surface area contributed by atoms with E-state index in [1.807, 2.05) is 30.5 Å². The number of aliphatic carboxylic acids is 2. The van der Waals surface area contributed by atoms with Crippen LogP contribution < -0.4 is 27.4 Å². The Labute approximate surface area is 234 Å². The number of amides is 4. The van der Waals surface area contributed by atoms with Gasteiger partial charge in [0.25, 0.3) is 0 Å². The highest BCUT2D eigenvalue weighted by atomic mass is 32.2. The molecule has 0 saturated carbocycles. The Morgan fingerprint density at radius 2 is 1.55 bits per heavy atom. The Kier molecular flexibility index (Phi) is 12.4. The summed E-state index contributed by atoms with van der Waals surface area (Å²) in [6.45, 7) is 0. The highest BCUT2D eigenvalue weighted by Crippen LogP contribution is 2.19. The molecule has 4 unspecified atom stereocenters. The van der Waals surface area contributed by atoms with Crippen LogP contribution in [-0.2, 0) is 35.2 Å². The second-order valence-electron chi connectivity index (χ2n) is 9.08. The number of carbonyl (C=O) groups is 6. The lowest BCUT2D eigenvalue weighted by molar-refractivity contribution is -0.144. The highest BCUT2D eigenvalue weighted by molar-refractivity contribution is 7.98. The summed E-state index contributed by atoms with van der Waals surface area (Å²) in [7, 11) is 0. The van der Waals surface area contributed by atoms with E-state index >= 15 is 0 Å². The predicted molar refractivity (Wildman–Crippen MR) is 147 cm³/mol. The summed E-state index contributed by atoms with van der Waals surface area (Å²) in [6, 6.07) is 2.00. The Bertz CT molecular complexity index is 1230. The third-order valence-electron chi connectivity index (χ3n) is 6.00. The third kappa shape index (κ3) is 9.89. The van der Waals surface area contributed by atoms with E-state index in [4.69, 9.17) is 16.6 Å². The van der Waals surface area contributed by atoms with E-state index in [0.29, 0.717) is 17.7 Å². The van der Waals surface area contributed by atoms with Gasteiger partial charge in [0.05, 0.1) is 12.5 Å². The first-order chi connectivity index (χ1) is 18.9. The summed E-state index contributed by atoms with van der Waals surface area (Å²) in [5, 5.41) is 26.4. The molecule has 0 aliphatic heterocycles. The van der Waals surface area contributed by atoms with Crippen molar-refractivity contribution < 1.29 is 39.0 Å². The molecule has 1 aromatic heterocycles. The summed E-state index contributed by atoms with van der Waals surface area (Å²) >= 11 is 1.50. The number of hydrogen-bond acceptors (Lipinski definition) is 8. The van der Waals surface area contributed by atoms with E-state index in [1.54, 1.807) is 6.20 Å². The lowest BCUT2D eigenvalue weighted by Crippen LogP contribution is -2.58. The fourth-order valence-electron chi connectivity index (χ4n) is 3.87. The van der Waals surface area contributed by atoms with Crippen LogP contribution in [0, 0.1) is 0 Å². The largest absolute Gasteiger partial charge is 0.481 e. The molecular formula is C25H34N6O8S. The van der Waals surface area contributed by atoms with Crippen molar-refractivity contribution in [2.75, 3.05) is 12.0 Å². The standard InChI is InChI=1S/C25H34N6O8S/c1-40-9-8-15(26)22(35)30-18(10-13-12-28-16-5-3-2-4-14(13)16)24(37)29-17(6-7-21(33)34)23(36)31-19(25(38)39)11-20(27)32/h2-5,12,15,17-19,28H,6-11,26H2,1H3,(H2,27,32)(H,29,37)(H,30,35)(H,31,36)(H,33,34)(H,38,39). The minimum absolute atomic E-state index is 0.00350. The third-order valence-corrected chi connectivity index (χ3v) is 6.65. The maximum atomic E-state index is 13.4. The van der Waals surface area contributed by atoms with E-state index < -0.39 is 79.0 Å². The molecule has 14 nitrogen and oxygen atoms in total. The molecule has 0 aliphatic rings. The van der Waals surface area contributed by atoms with Crippen LogP contribution in [0.4, 0.5) is 0 Å². The van der Waals surface area contributed by atoms with E-state index in [0.717, 1.165) is 10.9 Å². The number of nitrogens with two attached hydrogens (primary N) is 2. The molecule has 2 aromatic rings. The van der Waals surface area contributed by atoms with E-state index in [-0.39, 0.29) is 6.42 Å². The Balaban J connectivity index is 2.31. The van der Waals surface area contributed by atoms with Crippen molar-refractivity contribution in [2.24, 2.45) is 11.5 Å². The molecule has 10 N–H and O–H groups in total. The van der Waals surface area contributed by atoms with Gasteiger partial charge in [-0.3, -0.25) is 24.0 Å². The van der Waals surface area contributed by atoms with Crippen LogP contribution in [0.15, 0.2) is 30.5 Å². The van der Waals surface area contributed by atoms with Crippen molar-refractivity contribution in [3.63, 3.8) is 0 Å². The van der Waals surface area contributed by atoms with Crippen molar-refractivity contribution in [3.8, 4) is 0 Å². The zero-order chi connectivity index (χ0) is 29.8. The number of primary amides is 1. The number of benzene rings is 1. The number of aromatic amines is 1. The number of carbonyl (C=O) groups excluding carboxylic acids is 4. The van der Waals surface area contributed by atoms with Crippen LogP contribution in [-0.4, -0.2) is 86.9 Å². The number of thioether (sulfide) groups is 1. The van der Waals surface area contributed by atoms with Gasteiger partial charge in [-0.25, -0.2) is 4.79 Å². The van der Waals surface area contributed by atoms with Crippen molar-refractivity contribution >= 4 is 58.2 Å². The Morgan fingerprint density at radius 1 is 0.925 bits per heavy atom. The van der Waals surface area contributed by atoms with Gasteiger partial charge < -0.3 is 42.6 Å². The first kappa shape index (κ1) is 32.1. The number of nitrogens with one attached hydrogen (secondary N) is 4. The number of hydrogen-bond donors (Lipinski definition) is 8. The van der Waals surface area contributed by atoms with Crippen LogP contribution in [0.1, 0.15) is 31.2 Å².